The highest BCUT2D eigenvalue weighted by atomic mass is 16.5. The highest BCUT2D eigenvalue weighted by molar-refractivity contribution is 5.89. The third-order valence-corrected chi connectivity index (χ3v) is 7.47. The van der Waals surface area contributed by atoms with Crippen molar-refractivity contribution in [3.8, 4) is 11.5 Å². The Labute approximate surface area is 199 Å². The van der Waals surface area contributed by atoms with Crippen molar-refractivity contribution in [2.45, 2.75) is 31.7 Å². The molecule has 0 unspecified atom stereocenters. The number of methoxy groups -OCH3 is 2. The Morgan fingerprint density at radius 1 is 1.00 bits per heavy atom. The van der Waals surface area contributed by atoms with E-state index in [9.17, 15) is 14.4 Å². The van der Waals surface area contributed by atoms with Crippen molar-refractivity contribution >= 4 is 11.8 Å². The van der Waals surface area contributed by atoms with Crippen LogP contribution < -0.4 is 15.0 Å². The summed E-state index contributed by atoms with van der Waals surface area (Å²) in [6, 6.07) is 11.2. The number of fused-ring (bicyclic) bond motifs is 4. The molecule has 0 spiro atoms. The Morgan fingerprint density at radius 2 is 1.82 bits per heavy atom. The lowest BCUT2D eigenvalue weighted by Crippen LogP contribution is -2.50. The van der Waals surface area contributed by atoms with E-state index in [0.29, 0.717) is 50.6 Å². The van der Waals surface area contributed by atoms with Crippen LogP contribution in [0.4, 0.5) is 0 Å². The second kappa shape index (κ2) is 9.16. The minimum Gasteiger partial charge on any atom is -0.493 e. The Kier molecular flexibility index (Phi) is 6.06. The summed E-state index contributed by atoms with van der Waals surface area (Å²) in [7, 11) is 3.21. The molecule has 180 valence electrons. The van der Waals surface area contributed by atoms with Crippen molar-refractivity contribution in [2.24, 2.45) is 11.8 Å². The molecule has 2 saturated heterocycles. The number of rotatable bonds is 6. The van der Waals surface area contributed by atoms with Gasteiger partial charge in [0.2, 0.25) is 11.8 Å². The fourth-order valence-corrected chi connectivity index (χ4v) is 5.79. The molecule has 2 aromatic rings. The number of piperidine rings is 1. The van der Waals surface area contributed by atoms with Crippen LogP contribution in [0.3, 0.4) is 0 Å². The van der Waals surface area contributed by atoms with E-state index in [1.165, 1.54) is 0 Å². The van der Waals surface area contributed by atoms with E-state index in [0.717, 1.165) is 17.7 Å². The Balaban J connectivity index is 1.21. The van der Waals surface area contributed by atoms with Gasteiger partial charge in [-0.1, -0.05) is 12.1 Å². The Bertz CT molecular complexity index is 1160. The summed E-state index contributed by atoms with van der Waals surface area (Å²) >= 11 is 0. The maximum absolute atomic E-state index is 13.4. The summed E-state index contributed by atoms with van der Waals surface area (Å²) in [5.74, 6) is 1.62. The van der Waals surface area contributed by atoms with Crippen LogP contribution in [0, 0.1) is 11.8 Å². The van der Waals surface area contributed by atoms with Gasteiger partial charge in [0.1, 0.15) is 0 Å². The standard InChI is InChI=1S/C26H31N3O5/c1-33-22-7-6-17(11-23(22)34-2)8-9-27-16-20(12-25(27)31)26(32)28-13-18-10-19(15-28)21-4-3-5-24(30)29(21)14-18/h3-7,11,18-20H,8-10,12-16H2,1-2H3/t18-,19+,20+/m0/s1. The van der Waals surface area contributed by atoms with Gasteiger partial charge < -0.3 is 23.8 Å². The largest absolute Gasteiger partial charge is 0.493 e. The van der Waals surface area contributed by atoms with Crippen molar-refractivity contribution in [1.82, 2.24) is 14.4 Å². The number of benzene rings is 1. The smallest absolute Gasteiger partial charge is 0.250 e. The average Bonchev–Trinajstić information content (AvgIpc) is 3.23. The molecule has 4 heterocycles. The van der Waals surface area contributed by atoms with E-state index in [4.69, 9.17) is 9.47 Å². The maximum Gasteiger partial charge on any atom is 0.250 e. The summed E-state index contributed by atoms with van der Waals surface area (Å²) in [4.78, 5) is 42.1. The lowest BCUT2D eigenvalue weighted by Gasteiger charge is -2.43. The zero-order chi connectivity index (χ0) is 23.8. The molecule has 2 fully saturated rings. The van der Waals surface area contributed by atoms with E-state index in [-0.39, 0.29) is 41.5 Å². The van der Waals surface area contributed by atoms with E-state index in [1.807, 2.05) is 33.7 Å². The molecular weight excluding hydrogens is 434 g/mol. The molecule has 3 aliphatic heterocycles. The van der Waals surface area contributed by atoms with Crippen LogP contribution in [-0.4, -0.2) is 66.6 Å². The lowest BCUT2D eigenvalue weighted by molar-refractivity contribution is -0.138. The monoisotopic (exact) mass is 465 g/mol. The number of aromatic nitrogens is 1. The van der Waals surface area contributed by atoms with Gasteiger partial charge in [0.05, 0.1) is 20.1 Å². The first kappa shape index (κ1) is 22.5. The van der Waals surface area contributed by atoms with Gasteiger partial charge in [-0.25, -0.2) is 0 Å². The van der Waals surface area contributed by atoms with Gasteiger partial charge in [-0.05, 0) is 42.5 Å². The highest BCUT2D eigenvalue weighted by Gasteiger charge is 2.41. The average molecular weight is 466 g/mol. The first-order valence-electron chi connectivity index (χ1n) is 11.9. The number of amides is 2. The van der Waals surface area contributed by atoms with Gasteiger partial charge in [-0.3, -0.25) is 14.4 Å². The lowest BCUT2D eigenvalue weighted by atomic mass is 9.82. The fourth-order valence-electron chi connectivity index (χ4n) is 5.79. The molecule has 0 saturated carbocycles. The highest BCUT2D eigenvalue weighted by Crippen LogP contribution is 2.36. The predicted octanol–water partition coefficient (Wildman–Crippen LogP) is 1.90. The van der Waals surface area contributed by atoms with Crippen molar-refractivity contribution in [2.75, 3.05) is 40.4 Å². The first-order valence-corrected chi connectivity index (χ1v) is 11.9. The Morgan fingerprint density at radius 3 is 2.62 bits per heavy atom. The second-order valence-electron chi connectivity index (χ2n) is 9.62. The summed E-state index contributed by atoms with van der Waals surface area (Å²) in [5, 5.41) is 0. The molecule has 34 heavy (non-hydrogen) atoms. The summed E-state index contributed by atoms with van der Waals surface area (Å²) in [6.45, 7) is 2.98. The van der Waals surface area contributed by atoms with Gasteiger partial charge in [-0.15, -0.1) is 0 Å². The molecule has 3 aliphatic rings. The molecule has 1 aromatic carbocycles. The summed E-state index contributed by atoms with van der Waals surface area (Å²) in [6.07, 6.45) is 1.97. The summed E-state index contributed by atoms with van der Waals surface area (Å²) < 4.78 is 12.5. The molecule has 0 aliphatic carbocycles. The Hall–Kier alpha value is -3.29. The zero-order valence-corrected chi connectivity index (χ0v) is 19.7. The van der Waals surface area contributed by atoms with Gasteiger partial charge in [0, 0.05) is 56.8 Å². The van der Waals surface area contributed by atoms with Crippen LogP contribution in [-0.2, 0) is 22.6 Å². The number of hydrogen-bond acceptors (Lipinski definition) is 5. The van der Waals surface area contributed by atoms with Crippen LogP contribution in [0.2, 0.25) is 0 Å². The van der Waals surface area contributed by atoms with Crippen molar-refractivity contribution in [1.29, 1.82) is 0 Å². The van der Waals surface area contributed by atoms with Crippen LogP contribution in [0.5, 0.6) is 11.5 Å². The van der Waals surface area contributed by atoms with Crippen LogP contribution in [0.15, 0.2) is 41.2 Å². The topological polar surface area (TPSA) is 81.1 Å². The molecular formula is C26H31N3O5. The second-order valence-corrected chi connectivity index (χ2v) is 9.62. The first-order chi connectivity index (χ1) is 16.5. The molecule has 0 N–H and O–H groups in total. The number of hydrogen-bond donors (Lipinski definition) is 0. The van der Waals surface area contributed by atoms with Gasteiger partial charge in [0.25, 0.3) is 5.56 Å². The van der Waals surface area contributed by atoms with Crippen molar-refractivity contribution < 1.29 is 19.1 Å². The molecule has 1 aromatic heterocycles. The normalized spacial score (nSPS) is 23.6. The van der Waals surface area contributed by atoms with Gasteiger partial charge >= 0.3 is 0 Å². The molecule has 2 bridgehead atoms. The van der Waals surface area contributed by atoms with E-state index in [2.05, 4.69) is 0 Å². The number of ether oxygens (including phenoxy) is 2. The van der Waals surface area contributed by atoms with E-state index < -0.39 is 0 Å². The third kappa shape index (κ3) is 4.17. The molecule has 0 radical (unpaired) electrons. The minimum atomic E-state index is -0.297. The van der Waals surface area contributed by atoms with E-state index >= 15 is 0 Å². The quantitative estimate of drug-likeness (QED) is 0.651. The maximum atomic E-state index is 13.4. The molecule has 8 nitrogen and oxygen atoms in total. The van der Waals surface area contributed by atoms with Crippen LogP contribution >= 0.6 is 0 Å². The summed E-state index contributed by atoms with van der Waals surface area (Å²) in [5.41, 5.74) is 2.12. The fraction of sp³-hybridized carbons (Fsp3) is 0.500. The van der Waals surface area contributed by atoms with Crippen LogP contribution in [0.1, 0.15) is 30.0 Å². The van der Waals surface area contributed by atoms with Crippen molar-refractivity contribution in [3.63, 3.8) is 0 Å². The predicted molar refractivity (Wildman–Crippen MR) is 126 cm³/mol. The zero-order valence-electron chi connectivity index (χ0n) is 19.7. The molecule has 3 atom stereocenters. The molecule has 5 rings (SSSR count). The number of pyridine rings is 1. The number of carbonyl (C=O) groups excluding carboxylic acids is 2. The number of nitrogens with zero attached hydrogens (tertiary/aromatic N) is 3. The van der Waals surface area contributed by atoms with Crippen LogP contribution in [0.25, 0.3) is 0 Å². The van der Waals surface area contributed by atoms with E-state index in [1.54, 1.807) is 31.3 Å². The van der Waals surface area contributed by atoms with Gasteiger partial charge in [0.15, 0.2) is 11.5 Å². The van der Waals surface area contributed by atoms with Gasteiger partial charge in [-0.2, -0.15) is 0 Å². The third-order valence-electron chi connectivity index (χ3n) is 7.47. The molecule has 8 heteroatoms. The minimum absolute atomic E-state index is 0.0351. The number of carbonyl (C=O) groups is 2. The molecule has 2 amide bonds. The number of likely N-dealkylation sites (tertiary alicyclic amines) is 2. The van der Waals surface area contributed by atoms with Crippen molar-refractivity contribution in [3.05, 3.63) is 58.0 Å². The SMILES string of the molecule is COc1ccc(CCN2C[C@H](C(=O)N3C[C@@H]4C[C@H](C3)c3cccc(=O)n3C4)CC2=O)cc1OC.